The Hall–Kier alpha value is -3.28. The number of ether oxygens (including phenoxy) is 1. The predicted octanol–water partition coefficient (Wildman–Crippen LogP) is 4.63. The van der Waals surface area contributed by atoms with E-state index in [9.17, 15) is 31.2 Å². The minimum Gasteiger partial charge on any atom is -0.449 e. The first-order chi connectivity index (χ1) is 16.8. The third-order valence-corrected chi connectivity index (χ3v) is 8.08. The van der Waals surface area contributed by atoms with Gasteiger partial charge in [0.15, 0.2) is 0 Å². The van der Waals surface area contributed by atoms with E-state index in [1.165, 1.54) is 28.9 Å². The summed E-state index contributed by atoms with van der Waals surface area (Å²) in [7, 11) is -3.71. The first-order valence-corrected chi connectivity index (χ1v) is 13.1. The molecule has 36 heavy (non-hydrogen) atoms. The maximum Gasteiger partial charge on any atom is 0.416 e. The van der Waals surface area contributed by atoms with Crippen molar-refractivity contribution < 1.29 is 35.9 Å². The standard InChI is InChI=1S/C24H26F3N3O5S/c1-4-35-23(32)28-14-15(2)30(16(3)31)21-7-6-17(12-22(21)28)18-10-19(24(25,26)27)13-20(11-18)29-8-5-9-36(29,33)34/h6-7,10-13,15H,4-5,8-9,14H2,1-3H3/t15-/m0/s1. The summed E-state index contributed by atoms with van der Waals surface area (Å²) < 4.78 is 72.3. The number of halogens is 3. The largest absolute Gasteiger partial charge is 0.449 e. The topological polar surface area (TPSA) is 87.2 Å². The van der Waals surface area contributed by atoms with Crippen LogP contribution in [0.4, 0.5) is 35.0 Å². The van der Waals surface area contributed by atoms with Crippen LogP contribution in [0, 0.1) is 0 Å². The Balaban J connectivity index is 1.89. The number of fused-ring (bicyclic) bond motifs is 1. The number of sulfonamides is 1. The van der Waals surface area contributed by atoms with Gasteiger partial charge in [-0.2, -0.15) is 13.2 Å². The van der Waals surface area contributed by atoms with Gasteiger partial charge in [0.2, 0.25) is 15.9 Å². The zero-order valence-corrected chi connectivity index (χ0v) is 20.8. The molecule has 2 amide bonds. The fourth-order valence-corrected chi connectivity index (χ4v) is 6.22. The molecule has 0 aromatic heterocycles. The molecule has 2 aromatic carbocycles. The van der Waals surface area contributed by atoms with E-state index >= 15 is 0 Å². The van der Waals surface area contributed by atoms with Gasteiger partial charge in [-0.1, -0.05) is 6.07 Å². The van der Waals surface area contributed by atoms with Gasteiger partial charge < -0.3 is 9.64 Å². The molecular weight excluding hydrogens is 499 g/mol. The van der Waals surface area contributed by atoms with Crippen LogP contribution in [-0.2, 0) is 25.7 Å². The van der Waals surface area contributed by atoms with Crippen molar-refractivity contribution in [1.29, 1.82) is 0 Å². The third kappa shape index (κ3) is 4.73. The normalized spacial score (nSPS) is 19.3. The number of hydrogen-bond donors (Lipinski definition) is 0. The molecule has 0 spiro atoms. The lowest BCUT2D eigenvalue weighted by Crippen LogP contribution is -2.51. The summed E-state index contributed by atoms with van der Waals surface area (Å²) in [4.78, 5) is 27.9. The highest BCUT2D eigenvalue weighted by atomic mass is 32.2. The number of rotatable bonds is 3. The summed E-state index contributed by atoms with van der Waals surface area (Å²) in [5, 5.41) is 0. The number of carbonyl (C=O) groups excluding carboxylic acids is 2. The second kappa shape index (κ2) is 9.30. The van der Waals surface area contributed by atoms with Gasteiger partial charge in [-0.15, -0.1) is 0 Å². The Morgan fingerprint density at radius 1 is 1.08 bits per heavy atom. The molecule has 1 saturated heterocycles. The van der Waals surface area contributed by atoms with Crippen molar-refractivity contribution in [3.8, 4) is 11.1 Å². The highest BCUT2D eigenvalue weighted by Gasteiger charge is 2.36. The third-order valence-electron chi connectivity index (χ3n) is 6.21. The van der Waals surface area contributed by atoms with Crippen molar-refractivity contribution in [3.63, 3.8) is 0 Å². The number of nitrogens with zero attached hydrogens (tertiary/aromatic N) is 3. The molecule has 2 heterocycles. The molecule has 2 aliphatic heterocycles. The molecule has 194 valence electrons. The molecule has 0 bridgehead atoms. The van der Waals surface area contributed by atoms with Gasteiger partial charge in [-0.05, 0) is 61.7 Å². The van der Waals surface area contributed by atoms with Crippen molar-refractivity contribution in [1.82, 2.24) is 0 Å². The number of alkyl halides is 3. The average Bonchev–Trinajstić information content (AvgIpc) is 3.16. The molecule has 0 N–H and O–H groups in total. The van der Waals surface area contributed by atoms with Gasteiger partial charge in [0.25, 0.3) is 0 Å². The molecule has 0 unspecified atom stereocenters. The van der Waals surface area contributed by atoms with Crippen LogP contribution in [0.15, 0.2) is 36.4 Å². The minimum absolute atomic E-state index is 0.0729. The molecule has 0 saturated carbocycles. The molecule has 8 nitrogen and oxygen atoms in total. The van der Waals surface area contributed by atoms with Gasteiger partial charge in [0, 0.05) is 20.0 Å². The molecule has 1 atom stereocenters. The van der Waals surface area contributed by atoms with E-state index in [1.807, 2.05) is 0 Å². The molecule has 2 aromatic rings. The molecular formula is C24H26F3N3O5S. The van der Waals surface area contributed by atoms with Crippen molar-refractivity contribution in [3.05, 3.63) is 42.0 Å². The van der Waals surface area contributed by atoms with Gasteiger partial charge in [-0.3, -0.25) is 14.0 Å². The van der Waals surface area contributed by atoms with Gasteiger partial charge in [0.05, 0.1) is 41.0 Å². The van der Waals surface area contributed by atoms with Gasteiger partial charge in [-0.25, -0.2) is 13.2 Å². The van der Waals surface area contributed by atoms with Gasteiger partial charge >= 0.3 is 12.3 Å². The lowest BCUT2D eigenvalue weighted by molar-refractivity contribution is -0.137. The highest BCUT2D eigenvalue weighted by molar-refractivity contribution is 7.93. The Morgan fingerprint density at radius 2 is 1.81 bits per heavy atom. The first-order valence-electron chi connectivity index (χ1n) is 11.4. The van der Waals surface area contributed by atoms with E-state index in [1.54, 1.807) is 26.0 Å². The monoisotopic (exact) mass is 525 g/mol. The number of benzene rings is 2. The van der Waals surface area contributed by atoms with Crippen molar-refractivity contribution >= 4 is 39.1 Å². The van der Waals surface area contributed by atoms with Crippen molar-refractivity contribution in [2.75, 3.05) is 39.6 Å². The summed E-state index contributed by atoms with van der Waals surface area (Å²) in [6, 6.07) is 7.44. The zero-order chi connectivity index (χ0) is 26.4. The van der Waals surface area contributed by atoms with Crippen LogP contribution in [0.1, 0.15) is 32.8 Å². The smallest absolute Gasteiger partial charge is 0.416 e. The van der Waals surface area contributed by atoms with E-state index in [0.29, 0.717) is 23.4 Å². The summed E-state index contributed by atoms with van der Waals surface area (Å²) in [6.45, 7) is 5.17. The van der Waals surface area contributed by atoms with Crippen molar-refractivity contribution in [2.24, 2.45) is 0 Å². The van der Waals surface area contributed by atoms with Crippen LogP contribution in [0.25, 0.3) is 11.1 Å². The van der Waals surface area contributed by atoms with E-state index in [0.717, 1.165) is 16.4 Å². The van der Waals surface area contributed by atoms with Crippen LogP contribution in [0.2, 0.25) is 0 Å². The SMILES string of the molecule is CCOC(=O)N1C[C@H](C)N(C(C)=O)c2ccc(-c3cc(N4CCCS4(=O)=O)cc(C(F)(F)F)c3)cc21. The Kier molecular flexibility index (Phi) is 6.67. The second-order valence-corrected chi connectivity index (χ2v) is 10.8. The Labute approximate surface area is 207 Å². The maximum absolute atomic E-state index is 13.8. The second-order valence-electron chi connectivity index (χ2n) is 8.76. The van der Waals surface area contributed by atoms with Crippen LogP contribution in [0.3, 0.4) is 0 Å². The number of hydrogen-bond acceptors (Lipinski definition) is 5. The highest BCUT2D eigenvalue weighted by Crippen LogP contribution is 2.42. The molecule has 1 fully saturated rings. The number of amides is 2. The molecule has 2 aliphatic rings. The average molecular weight is 526 g/mol. The van der Waals surface area contributed by atoms with Crippen LogP contribution in [-0.4, -0.2) is 51.9 Å². The van der Waals surface area contributed by atoms with E-state index < -0.39 is 27.9 Å². The molecule has 0 radical (unpaired) electrons. The predicted molar refractivity (Wildman–Crippen MR) is 130 cm³/mol. The fourth-order valence-electron chi connectivity index (χ4n) is 4.67. The van der Waals surface area contributed by atoms with Crippen LogP contribution >= 0.6 is 0 Å². The fraction of sp³-hybridized carbons (Fsp3) is 0.417. The first kappa shape index (κ1) is 25.8. The summed E-state index contributed by atoms with van der Waals surface area (Å²) in [6.07, 6.45) is -5.03. The quantitative estimate of drug-likeness (QED) is 0.583. The summed E-state index contributed by atoms with van der Waals surface area (Å²) >= 11 is 0. The summed E-state index contributed by atoms with van der Waals surface area (Å²) in [5.41, 5.74) is 0.123. The maximum atomic E-state index is 13.8. The van der Waals surface area contributed by atoms with E-state index in [-0.39, 0.29) is 48.6 Å². The lowest BCUT2D eigenvalue weighted by Gasteiger charge is -2.40. The van der Waals surface area contributed by atoms with E-state index in [4.69, 9.17) is 4.74 Å². The minimum atomic E-state index is -4.71. The Morgan fingerprint density at radius 3 is 2.39 bits per heavy atom. The van der Waals surface area contributed by atoms with Crippen LogP contribution in [0.5, 0.6) is 0 Å². The number of carbonyl (C=O) groups is 2. The number of anilines is 3. The molecule has 4 rings (SSSR count). The van der Waals surface area contributed by atoms with Gasteiger partial charge in [0.1, 0.15) is 0 Å². The van der Waals surface area contributed by atoms with Crippen LogP contribution < -0.4 is 14.1 Å². The lowest BCUT2D eigenvalue weighted by atomic mass is 9.98. The zero-order valence-electron chi connectivity index (χ0n) is 20.0. The summed E-state index contributed by atoms with van der Waals surface area (Å²) in [5.74, 6) is -0.383. The Bertz CT molecular complexity index is 1310. The molecule has 0 aliphatic carbocycles. The van der Waals surface area contributed by atoms with E-state index in [2.05, 4.69) is 0 Å². The van der Waals surface area contributed by atoms with Crippen molar-refractivity contribution in [2.45, 2.75) is 39.4 Å². The molecule has 12 heteroatoms.